The van der Waals surface area contributed by atoms with Crippen LogP contribution in [0.2, 0.25) is 0 Å². The van der Waals surface area contributed by atoms with Crippen LogP contribution in [0.5, 0.6) is 5.75 Å². The zero-order valence-corrected chi connectivity index (χ0v) is 14.3. The number of ether oxygens (including phenoxy) is 2. The van der Waals surface area contributed by atoms with Crippen molar-refractivity contribution < 1.29 is 19.1 Å². The molecule has 2 amide bonds. The number of methoxy groups -OCH3 is 1. The van der Waals surface area contributed by atoms with Crippen LogP contribution >= 0.6 is 0 Å². The van der Waals surface area contributed by atoms with Gasteiger partial charge in [0.2, 0.25) is 0 Å². The van der Waals surface area contributed by atoms with Gasteiger partial charge in [-0.2, -0.15) is 0 Å². The highest BCUT2D eigenvalue weighted by Gasteiger charge is 2.23. The molecule has 6 nitrogen and oxygen atoms in total. The summed E-state index contributed by atoms with van der Waals surface area (Å²) in [6.45, 7) is 1.21. The first kappa shape index (κ1) is 17.4. The molecule has 1 aliphatic heterocycles. The standard InChI is InChI=1S/C20H18N2O4/c1-25-18-10-6-16(7-11-18)19(23)21-12-2-3-15-4-8-17(9-5-15)22-13-14-26-20(22)24/h4-11H,12-14H2,1H3,(H,21,23). The predicted molar refractivity (Wildman–Crippen MR) is 97.3 cm³/mol. The van der Waals surface area contributed by atoms with E-state index < -0.39 is 0 Å². The highest BCUT2D eigenvalue weighted by atomic mass is 16.6. The van der Waals surface area contributed by atoms with Crippen molar-refractivity contribution in [3.63, 3.8) is 0 Å². The van der Waals surface area contributed by atoms with Crippen LogP contribution in [-0.4, -0.2) is 38.8 Å². The van der Waals surface area contributed by atoms with E-state index in [0.717, 1.165) is 11.3 Å². The van der Waals surface area contributed by atoms with E-state index in [0.29, 0.717) is 24.5 Å². The Bertz CT molecular complexity index is 848. The van der Waals surface area contributed by atoms with Crippen molar-refractivity contribution in [1.29, 1.82) is 0 Å². The predicted octanol–water partition coefficient (Wildman–Crippen LogP) is 2.43. The molecule has 6 heteroatoms. The van der Waals surface area contributed by atoms with Gasteiger partial charge in [0, 0.05) is 16.8 Å². The second-order valence-corrected chi connectivity index (χ2v) is 5.53. The minimum atomic E-state index is -0.329. The molecule has 3 rings (SSSR count). The lowest BCUT2D eigenvalue weighted by Crippen LogP contribution is -2.23. The first-order chi connectivity index (χ1) is 12.7. The molecular formula is C20H18N2O4. The van der Waals surface area contributed by atoms with E-state index in [1.165, 1.54) is 0 Å². The van der Waals surface area contributed by atoms with E-state index in [2.05, 4.69) is 17.2 Å². The Labute approximate surface area is 151 Å². The maximum atomic E-state index is 12.0. The Morgan fingerprint density at radius 2 is 1.92 bits per heavy atom. The van der Waals surface area contributed by atoms with E-state index in [1.54, 1.807) is 36.3 Å². The van der Waals surface area contributed by atoms with Crippen molar-refractivity contribution in [2.75, 3.05) is 31.7 Å². The molecular weight excluding hydrogens is 332 g/mol. The summed E-state index contributed by atoms with van der Waals surface area (Å²) < 4.78 is 9.97. The zero-order chi connectivity index (χ0) is 18.4. The van der Waals surface area contributed by atoms with Crippen LogP contribution in [0.25, 0.3) is 0 Å². The first-order valence-corrected chi connectivity index (χ1v) is 8.13. The summed E-state index contributed by atoms with van der Waals surface area (Å²) in [6, 6.07) is 14.2. The topological polar surface area (TPSA) is 67.9 Å². The smallest absolute Gasteiger partial charge is 0.414 e. The van der Waals surface area contributed by atoms with Gasteiger partial charge in [0.1, 0.15) is 12.4 Å². The van der Waals surface area contributed by atoms with Gasteiger partial charge in [-0.25, -0.2) is 4.79 Å². The fourth-order valence-corrected chi connectivity index (χ4v) is 2.47. The van der Waals surface area contributed by atoms with E-state index in [4.69, 9.17) is 9.47 Å². The molecule has 1 aliphatic rings. The number of hydrogen-bond donors (Lipinski definition) is 1. The van der Waals surface area contributed by atoms with Crippen molar-refractivity contribution >= 4 is 17.7 Å². The number of anilines is 1. The molecule has 0 saturated carbocycles. The third-order valence-corrected chi connectivity index (χ3v) is 3.86. The average molecular weight is 350 g/mol. The second-order valence-electron chi connectivity index (χ2n) is 5.53. The third kappa shape index (κ3) is 4.14. The van der Waals surface area contributed by atoms with Crippen LogP contribution < -0.4 is 15.0 Å². The fraction of sp³-hybridized carbons (Fsp3) is 0.200. The van der Waals surface area contributed by atoms with Gasteiger partial charge in [0.05, 0.1) is 20.2 Å². The van der Waals surface area contributed by atoms with Gasteiger partial charge in [0.25, 0.3) is 5.91 Å². The van der Waals surface area contributed by atoms with Gasteiger partial charge < -0.3 is 14.8 Å². The Morgan fingerprint density at radius 1 is 1.19 bits per heavy atom. The zero-order valence-electron chi connectivity index (χ0n) is 14.3. The molecule has 1 fully saturated rings. The fourth-order valence-electron chi connectivity index (χ4n) is 2.47. The van der Waals surface area contributed by atoms with Crippen molar-refractivity contribution in [2.45, 2.75) is 0 Å². The van der Waals surface area contributed by atoms with Crippen molar-refractivity contribution in [3.05, 3.63) is 59.7 Å². The summed E-state index contributed by atoms with van der Waals surface area (Å²) in [6.07, 6.45) is -0.329. The lowest BCUT2D eigenvalue weighted by atomic mass is 10.2. The number of rotatable bonds is 4. The molecule has 0 spiro atoms. The summed E-state index contributed by atoms with van der Waals surface area (Å²) in [7, 11) is 1.58. The summed E-state index contributed by atoms with van der Waals surface area (Å²) in [5.41, 5.74) is 2.14. The van der Waals surface area contributed by atoms with Crippen LogP contribution in [0, 0.1) is 11.8 Å². The molecule has 2 aromatic rings. The number of nitrogens with zero attached hydrogens (tertiary/aromatic N) is 1. The van der Waals surface area contributed by atoms with Gasteiger partial charge in [-0.1, -0.05) is 11.8 Å². The third-order valence-electron chi connectivity index (χ3n) is 3.86. The molecule has 0 aliphatic carbocycles. The van der Waals surface area contributed by atoms with Gasteiger partial charge in [-0.3, -0.25) is 9.69 Å². The van der Waals surface area contributed by atoms with Crippen molar-refractivity contribution in [2.24, 2.45) is 0 Å². The quantitative estimate of drug-likeness (QED) is 0.860. The number of cyclic esters (lactones) is 1. The number of carbonyl (C=O) groups is 2. The molecule has 26 heavy (non-hydrogen) atoms. The highest BCUT2D eigenvalue weighted by molar-refractivity contribution is 5.94. The van der Waals surface area contributed by atoms with Gasteiger partial charge in [-0.05, 0) is 48.5 Å². The average Bonchev–Trinajstić information content (AvgIpc) is 3.11. The molecule has 0 atom stereocenters. The minimum absolute atomic E-state index is 0.190. The number of nitrogens with one attached hydrogen (secondary N) is 1. The summed E-state index contributed by atoms with van der Waals surface area (Å²) in [5.74, 6) is 6.40. The van der Waals surface area contributed by atoms with Crippen LogP contribution in [0.15, 0.2) is 48.5 Å². The molecule has 0 bridgehead atoms. The summed E-state index contributed by atoms with van der Waals surface area (Å²) >= 11 is 0. The van der Waals surface area contributed by atoms with Crippen molar-refractivity contribution in [1.82, 2.24) is 5.32 Å². The molecule has 132 valence electrons. The largest absolute Gasteiger partial charge is 0.497 e. The minimum Gasteiger partial charge on any atom is -0.497 e. The van der Waals surface area contributed by atoms with Crippen LogP contribution in [0.3, 0.4) is 0 Å². The monoisotopic (exact) mass is 350 g/mol. The van der Waals surface area contributed by atoms with Crippen LogP contribution in [0.4, 0.5) is 10.5 Å². The van der Waals surface area contributed by atoms with Gasteiger partial charge >= 0.3 is 6.09 Å². The number of benzene rings is 2. The van der Waals surface area contributed by atoms with Gasteiger partial charge in [0.15, 0.2) is 0 Å². The SMILES string of the molecule is COc1ccc(C(=O)NCC#Cc2ccc(N3CCOC3=O)cc2)cc1. The lowest BCUT2D eigenvalue weighted by molar-refractivity contribution is 0.0958. The molecule has 1 heterocycles. The maximum Gasteiger partial charge on any atom is 0.414 e. The van der Waals surface area contributed by atoms with Crippen LogP contribution in [-0.2, 0) is 4.74 Å². The number of carbonyl (C=O) groups excluding carboxylic acids is 2. The Hall–Kier alpha value is -3.46. The van der Waals surface area contributed by atoms with Crippen molar-refractivity contribution in [3.8, 4) is 17.6 Å². The molecule has 1 saturated heterocycles. The van der Waals surface area contributed by atoms with Gasteiger partial charge in [-0.15, -0.1) is 0 Å². The van der Waals surface area contributed by atoms with E-state index >= 15 is 0 Å². The maximum absolute atomic E-state index is 12.0. The van der Waals surface area contributed by atoms with E-state index in [-0.39, 0.29) is 18.5 Å². The summed E-state index contributed by atoms with van der Waals surface area (Å²) in [5, 5.41) is 2.75. The Morgan fingerprint density at radius 3 is 2.54 bits per heavy atom. The lowest BCUT2D eigenvalue weighted by Gasteiger charge is -2.11. The second kappa shape index (κ2) is 8.08. The number of amides is 2. The molecule has 2 aromatic carbocycles. The van der Waals surface area contributed by atoms with E-state index in [9.17, 15) is 9.59 Å². The molecule has 0 unspecified atom stereocenters. The Balaban J connectivity index is 1.53. The highest BCUT2D eigenvalue weighted by Crippen LogP contribution is 2.18. The Kier molecular flexibility index (Phi) is 5.40. The normalized spacial score (nSPS) is 12.8. The summed E-state index contributed by atoms with van der Waals surface area (Å²) in [4.78, 5) is 25.1. The first-order valence-electron chi connectivity index (χ1n) is 8.13. The molecule has 1 N–H and O–H groups in total. The molecule has 0 aromatic heterocycles. The number of hydrogen-bond acceptors (Lipinski definition) is 4. The van der Waals surface area contributed by atoms with E-state index in [1.807, 2.05) is 24.3 Å². The molecule has 0 radical (unpaired) electrons. The van der Waals surface area contributed by atoms with Crippen LogP contribution in [0.1, 0.15) is 15.9 Å².